The van der Waals surface area contributed by atoms with Gasteiger partial charge < -0.3 is 15.0 Å². The molecule has 2 aliphatic rings. The molecule has 0 atom stereocenters. The molecule has 2 aliphatic heterocycles. The first-order chi connectivity index (χ1) is 13.9. The van der Waals surface area contributed by atoms with Crippen molar-refractivity contribution >= 4 is 5.84 Å². The fourth-order valence-electron chi connectivity index (χ4n) is 3.45. The molecule has 4 nitrogen and oxygen atoms in total. The number of likely N-dealkylation sites (tertiary alicyclic amines) is 1. The third-order valence-corrected chi connectivity index (χ3v) is 4.78. The van der Waals surface area contributed by atoms with Crippen LogP contribution in [0.1, 0.15) is 24.0 Å². The monoisotopic (exact) mass is 405 g/mol. The van der Waals surface area contributed by atoms with Crippen LogP contribution in [0.2, 0.25) is 0 Å². The number of hydrogen-bond donors (Lipinski definition) is 1. The van der Waals surface area contributed by atoms with Crippen LogP contribution in [0, 0.1) is 0 Å². The van der Waals surface area contributed by atoms with Gasteiger partial charge in [0.25, 0.3) is 0 Å². The third kappa shape index (κ3) is 5.09. The van der Waals surface area contributed by atoms with Gasteiger partial charge in [0.15, 0.2) is 0 Å². The highest BCUT2D eigenvalue weighted by Gasteiger charge is 2.30. The van der Waals surface area contributed by atoms with Crippen molar-refractivity contribution in [2.24, 2.45) is 4.99 Å². The van der Waals surface area contributed by atoms with Crippen LogP contribution in [0.4, 0.5) is 13.2 Å². The summed E-state index contributed by atoms with van der Waals surface area (Å²) >= 11 is 0. The number of rotatable bonds is 1. The number of aliphatic imine (C=N–C) groups is 1. The van der Waals surface area contributed by atoms with Crippen molar-refractivity contribution in [1.82, 2.24) is 10.2 Å². The molecule has 4 rings (SSSR count). The second-order valence-corrected chi connectivity index (χ2v) is 7.03. The normalized spacial score (nSPS) is 16.2. The summed E-state index contributed by atoms with van der Waals surface area (Å²) in [5.41, 5.74) is 1.88. The largest absolute Gasteiger partial charge is 0.491 e. The first-order valence-corrected chi connectivity index (χ1v) is 9.77. The molecule has 2 aromatic rings. The number of alkyl halides is 3. The van der Waals surface area contributed by atoms with Crippen LogP contribution in [0.25, 0.3) is 11.1 Å². The molecule has 0 aromatic heterocycles. The highest BCUT2D eigenvalue weighted by molar-refractivity contribution is 6.02. The van der Waals surface area contributed by atoms with E-state index in [0.29, 0.717) is 13.2 Å². The predicted octanol–water partition coefficient (Wildman–Crippen LogP) is 4.44. The van der Waals surface area contributed by atoms with Crippen molar-refractivity contribution in [2.45, 2.75) is 19.0 Å². The molecule has 7 heteroatoms. The summed E-state index contributed by atoms with van der Waals surface area (Å²) in [5.74, 6) is 1.72. The Hall–Kier alpha value is -2.54. The summed E-state index contributed by atoms with van der Waals surface area (Å²) in [6.07, 6.45) is -2.03. The zero-order valence-electron chi connectivity index (χ0n) is 16.7. The molecular weight excluding hydrogens is 379 g/mol. The summed E-state index contributed by atoms with van der Waals surface area (Å²) in [7, 11) is 3.75. The van der Waals surface area contributed by atoms with E-state index in [0.717, 1.165) is 66.3 Å². The van der Waals surface area contributed by atoms with E-state index >= 15 is 0 Å². The number of nitrogens with zero attached hydrogens (tertiary/aromatic N) is 2. The van der Waals surface area contributed by atoms with Gasteiger partial charge in [-0.25, -0.2) is 0 Å². The lowest BCUT2D eigenvalue weighted by molar-refractivity contribution is -0.137. The van der Waals surface area contributed by atoms with Crippen molar-refractivity contribution in [3.8, 4) is 16.9 Å². The maximum absolute atomic E-state index is 12.8. The van der Waals surface area contributed by atoms with Crippen LogP contribution < -0.4 is 10.1 Å². The number of amidine groups is 1. The Morgan fingerprint density at radius 2 is 1.59 bits per heavy atom. The van der Waals surface area contributed by atoms with Crippen molar-refractivity contribution < 1.29 is 17.9 Å². The summed E-state index contributed by atoms with van der Waals surface area (Å²) in [4.78, 5) is 6.96. The highest BCUT2D eigenvalue weighted by atomic mass is 19.4. The van der Waals surface area contributed by atoms with Crippen LogP contribution >= 0.6 is 0 Å². The molecule has 0 amide bonds. The van der Waals surface area contributed by atoms with Gasteiger partial charge in [-0.3, -0.25) is 4.99 Å². The van der Waals surface area contributed by atoms with Gasteiger partial charge in [-0.2, -0.15) is 13.2 Å². The third-order valence-electron chi connectivity index (χ3n) is 4.78. The van der Waals surface area contributed by atoms with E-state index in [2.05, 4.69) is 10.2 Å². The first kappa shape index (κ1) is 21.2. The number of hydrogen-bond acceptors (Lipinski definition) is 4. The van der Waals surface area contributed by atoms with Crippen LogP contribution in [0.5, 0.6) is 5.75 Å². The van der Waals surface area contributed by atoms with Gasteiger partial charge >= 0.3 is 6.18 Å². The zero-order valence-corrected chi connectivity index (χ0v) is 16.7. The van der Waals surface area contributed by atoms with Crippen molar-refractivity contribution in [1.29, 1.82) is 0 Å². The van der Waals surface area contributed by atoms with Crippen LogP contribution in [-0.4, -0.2) is 51.1 Å². The van der Waals surface area contributed by atoms with Crippen molar-refractivity contribution in [3.05, 3.63) is 53.6 Å². The van der Waals surface area contributed by atoms with E-state index in [-0.39, 0.29) is 0 Å². The number of ether oxygens (including phenoxy) is 1. The average Bonchev–Trinajstić information content (AvgIpc) is 3.15. The molecule has 0 bridgehead atoms. The van der Waals surface area contributed by atoms with E-state index in [1.54, 1.807) is 0 Å². The second-order valence-electron chi connectivity index (χ2n) is 7.03. The molecule has 29 heavy (non-hydrogen) atoms. The minimum Gasteiger partial charge on any atom is -0.491 e. The molecule has 156 valence electrons. The second kappa shape index (κ2) is 9.31. The fourth-order valence-corrected chi connectivity index (χ4v) is 3.45. The summed E-state index contributed by atoms with van der Waals surface area (Å²) in [6, 6.07) is 11.0. The maximum Gasteiger partial charge on any atom is 0.416 e. The van der Waals surface area contributed by atoms with Gasteiger partial charge in [0.2, 0.25) is 0 Å². The number of nitrogens with one attached hydrogen (secondary N) is 1. The number of fused-ring (bicyclic) bond motifs is 1. The van der Waals surface area contributed by atoms with Crippen LogP contribution in [0.15, 0.2) is 47.5 Å². The summed E-state index contributed by atoms with van der Waals surface area (Å²) in [5, 5.41) is 2.75. The Labute approximate surface area is 169 Å². The van der Waals surface area contributed by atoms with Crippen molar-refractivity contribution in [2.75, 3.05) is 40.3 Å². The number of halogens is 3. The van der Waals surface area contributed by atoms with Gasteiger partial charge in [-0.15, -0.1) is 0 Å². The smallest absolute Gasteiger partial charge is 0.416 e. The predicted molar refractivity (Wildman–Crippen MR) is 110 cm³/mol. The van der Waals surface area contributed by atoms with E-state index in [1.165, 1.54) is 12.1 Å². The molecule has 2 aromatic carbocycles. The SMILES string of the molecule is CNC.FC(F)(F)c1ccc(-c2ccc3c(c2)C(N2CCCC2)=NCCO3)cc1. The Morgan fingerprint density at radius 1 is 0.966 bits per heavy atom. The molecule has 1 N–H and O–H groups in total. The molecule has 0 spiro atoms. The Kier molecular flexibility index (Phi) is 6.79. The minimum absolute atomic E-state index is 0.532. The molecule has 1 saturated heterocycles. The molecule has 0 saturated carbocycles. The van der Waals surface area contributed by atoms with Gasteiger partial charge in [-0.1, -0.05) is 18.2 Å². The van der Waals surface area contributed by atoms with E-state index in [9.17, 15) is 13.2 Å². The Bertz CT molecular complexity index is 841. The quantitative estimate of drug-likeness (QED) is 0.762. The lowest BCUT2D eigenvalue weighted by Gasteiger charge is -2.21. The molecular formula is C22H26F3N3O. The van der Waals surface area contributed by atoms with E-state index < -0.39 is 11.7 Å². The maximum atomic E-state index is 12.8. The van der Waals surface area contributed by atoms with E-state index in [4.69, 9.17) is 9.73 Å². The molecule has 2 heterocycles. The molecule has 1 fully saturated rings. The first-order valence-electron chi connectivity index (χ1n) is 9.77. The number of benzene rings is 2. The van der Waals surface area contributed by atoms with Gasteiger partial charge in [-0.05, 0) is 62.3 Å². The summed E-state index contributed by atoms with van der Waals surface area (Å²) in [6.45, 7) is 3.09. The standard InChI is InChI=1S/C20H19F3N2O.C2H7N/c21-20(22,23)16-6-3-14(4-7-16)15-5-8-18-17(13-15)19(24-9-12-26-18)25-10-1-2-11-25;1-3-2/h3-8,13H,1-2,9-12H2;3H,1-2H3. The Balaban J connectivity index is 0.000000755. The molecule has 0 aliphatic carbocycles. The van der Waals surface area contributed by atoms with E-state index in [1.807, 2.05) is 32.3 Å². The molecule has 0 radical (unpaired) electrons. The fraction of sp³-hybridized carbons (Fsp3) is 0.409. The lowest BCUT2D eigenvalue weighted by Crippen LogP contribution is -2.28. The topological polar surface area (TPSA) is 36.9 Å². The average molecular weight is 405 g/mol. The van der Waals surface area contributed by atoms with Gasteiger partial charge in [0.1, 0.15) is 18.2 Å². The summed E-state index contributed by atoms with van der Waals surface area (Å²) < 4.78 is 44.1. The van der Waals surface area contributed by atoms with Gasteiger partial charge in [0, 0.05) is 13.1 Å². The van der Waals surface area contributed by atoms with Gasteiger partial charge in [0.05, 0.1) is 17.7 Å². The molecule has 0 unspecified atom stereocenters. The Morgan fingerprint density at radius 3 is 2.21 bits per heavy atom. The highest BCUT2D eigenvalue weighted by Crippen LogP contribution is 2.33. The van der Waals surface area contributed by atoms with Crippen LogP contribution in [-0.2, 0) is 6.18 Å². The van der Waals surface area contributed by atoms with Crippen molar-refractivity contribution in [3.63, 3.8) is 0 Å². The van der Waals surface area contributed by atoms with Crippen LogP contribution in [0.3, 0.4) is 0 Å². The minimum atomic E-state index is -4.32. The zero-order chi connectivity index (χ0) is 20.9. The lowest BCUT2D eigenvalue weighted by atomic mass is 10.00.